The number of ether oxygens (including phenoxy) is 4. The zero-order valence-corrected chi connectivity index (χ0v) is 26.4. The molecule has 8 nitrogen and oxygen atoms in total. The van der Waals surface area contributed by atoms with Gasteiger partial charge in [-0.15, -0.1) is 0 Å². The van der Waals surface area contributed by atoms with E-state index in [1.54, 1.807) is 111 Å². The summed E-state index contributed by atoms with van der Waals surface area (Å²) in [7, 11) is 0. The van der Waals surface area contributed by atoms with Crippen LogP contribution in [0.2, 0.25) is 0 Å². The third-order valence-electron chi connectivity index (χ3n) is 7.52. The number of esters is 4. The highest BCUT2D eigenvalue weighted by molar-refractivity contribution is 6.06. The maximum atomic E-state index is 14.3. The smallest absolute Gasteiger partial charge is 0.315 e. The molecular formula is C30H50O8. The Balaban J connectivity index is 2.91. The summed E-state index contributed by atoms with van der Waals surface area (Å²) in [6.07, 6.45) is 0. The van der Waals surface area contributed by atoms with Crippen LogP contribution in [-0.4, -0.2) is 46.3 Å². The van der Waals surface area contributed by atoms with Crippen LogP contribution in [0.1, 0.15) is 111 Å². The van der Waals surface area contributed by atoms with Gasteiger partial charge in [0.25, 0.3) is 0 Å². The summed E-state index contributed by atoms with van der Waals surface area (Å²) in [5.41, 5.74) is -9.17. The van der Waals surface area contributed by atoms with Gasteiger partial charge in [0, 0.05) is 0 Å². The molecule has 0 heterocycles. The van der Waals surface area contributed by atoms with E-state index in [0.29, 0.717) is 0 Å². The van der Waals surface area contributed by atoms with Gasteiger partial charge in [-0.2, -0.15) is 0 Å². The zero-order chi connectivity index (χ0) is 30.3. The Morgan fingerprint density at radius 3 is 0.842 bits per heavy atom. The molecule has 0 N–H and O–H groups in total. The fraction of sp³-hybridized carbons (Fsp3) is 0.867. The number of carbonyl (C=O) groups is 4. The summed E-state index contributed by atoms with van der Waals surface area (Å²) in [5.74, 6) is -4.80. The predicted octanol–water partition coefficient (Wildman–Crippen LogP) is 5.64. The van der Waals surface area contributed by atoms with Gasteiger partial charge in [-0.1, -0.05) is 27.7 Å². The Kier molecular flexibility index (Phi) is 7.34. The standard InChI is InChI=1S/C30H50O8/c1-23(2,3)35-19(31)17-27(13,14)29(17,21(33)37-25(7,8)9)30(22(34)38-26(10,11)12)18(28(30,15)16)20(32)36-24(4,5)6/h17-18H,1-16H3/t17-,18-,29-,30-/m0/s1. The van der Waals surface area contributed by atoms with E-state index in [2.05, 4.69) is 0 Å². The van der Waals surface area contributed by atoms with E-state index in [1.807, 2.05) is 0 Å². The van der Waals surface area contributed by atoms with Crippen LogP contribution in [0.5, 0.6) is 0 Å². The highest BCUT2D eigenvalue weighted by atomic mass is 16.6. The van der Waals surface area contributed by atoms with Gasteiger partial charge in [0.15, 0.2) is 0 Å². The molecular weight excluding hydrogens is 488 g/mol. The van der Waals surface area contributed by atoms with E-state index in [0.717, 1.165) is 0 Å². The van der Waals surface area contributed by atoms with E-state index in [9.17, 15) is 19.2 Å². The molecule has 0 amide bonds. The first-order valence-electron chi connectivity index (χ1n) is 13.4. The van der Waals surface area contributed by atoms with E-state index in [-0.39, 0.29) is 0 Å². The number of carbonyl (C=O) groups excluding carboxylic acids is 4. The summed E-state index contributed by atoms with van der Waals surface area (Å²) in [6.45, 7) is 27.8. The van der Waals surface area contributed by atoms with Gasteiger partial charge in [0.05, 0.1) is 11.8 Å². The fourth-order valence-electron chi connectivity index (χ4n) is 6.46. The van der Waals surface area contributed by atoms with Crippen molar-refractivity contribution in [3.8, 4) is 0 Å². The lowest BCUT2D eigenvalue weighted by molar-refractivity contribution is -0.186. The average Bonchev–Trinajstić information content (AvgIpc) is 3.31. The lowest BCUT2D eigenvalue weighted by Crippen LogP contribution is -2.48. The summed E-state index contributed by atoms with van der Waals surface area (Å²) in [4.78, 5) is 56.1. The van der Waals surface area contributed by atoms with Crippen LogP contribution in [0.15, 0.2) is 0 Å². The first-order chi connectivity index (χ1) is 16.5. The molecule has 2 aliphatic carbocycles. The lowest BCUT2D eigenvalue weighted by Gasteiger charge is -2.35. The molecule has 0 aromatic rings. The van der Waals surface area contributed by atoms with Crippen LogP contribution in [0.3, 0.4) is 0 Å². The average molecular weight is 539 g/mol. The Morgan fingerprint density at radius 1 is 0.447 bits per heavy atom. The van der Waals surface area contributed by atoms with Gasteiger partial charge < -0.3 is 18.9 Å². The second-order valence-electron chi connectivity index (χ2n) is 16.0. The summed E-state index contributed by atoms with van der Waals surface area (Å²) < 4.78 is 23.4. The van der Waals surface area contributed by atoms with Crippen LogP contribution in [0.25, 0.3) is 0 Å². The first kappa shape index (κ1) is 32.1. The first-order valence-corrected chi connectivity index (χ1v) is 13.4. The van der Waals surface area contributed by atoms with Gasteiger partial charge in [-0.25, -0.2) is 0 Å². The van der Waals surface area contributed by atoms with Gasteiger partial charge in [0.2, 0.25) is 0 Å². The molecule has 0 unspecified atom stereocenters. The lowest BCUT2D eigenvalue weighted by atomic mass is 9.73. The molecule has 0 spiro atoms. The third-order valence-corrected chi connectivity index (χ3v) is 7.52. The van der Waals surface area contributed by atoms with Crippen molar-refractivity contribution in [1.29, 1.82) is 0 Å². The molecule has 0 bridgehead atoms. The topological polar surface area (TPSA) is 105 Å². The molecule has 2 fully saturated rings. The number of hydrogen-bond acceptors (Lipinski definition) is 8. The van der Waals surface area contributed by atoms with Crippen molar-refractivity contribution in [3.63, 3.8) is 0 Å². The van der Waals surface area contributed by atoms with Crippen molar-refractivity contribution < 1.29 is 38.1 Å². The van der Waals surface area contributed by atoms with Crippen molar-refractivity contribution >= 4 is 23.9 Å². The molecule has 2 aliphatic rings. The predicted molar refractivity (Wildman–Crippen MR) is 143 cm³/mol. The minimum Gasteiger partial charge on any atom is -0.460 e. The van der Waals surface area contributed by atoms with E-state index in [1.165, 1.54) is 0 Å². The van der Waals surface area contributed by atoms with E-state index in [4.69, 9.17) is 18.9 Å². The normalized spacial score (nSPS) is 30.1. The minimum atomic E-state index is -1.73. The van der Waals surface area contributed by atoms with Gasteiger partial charge in [-0.3, -0.25) is 19.2 Å². The molecule has 0 aliphatic heterocycles. The molecule has 2 rings (SSSR count). The van der Waals surface area contributed by atoms with Crippen molar-refractivity contribution in [1.82, 2.24) is 0 Å². The monoisotopic (exact) mass is 538 g/mol. The number of rotatable bonds is 5. The molecule has 0 aromatic carbocycles. The maximum Gasteiger partial charge on any atom is 0.315 e. The SMILES string of the molecule is CC(C)(C)OC(=O)[C@H]1C(C)(C)[C@]1(C(=O)OC(C)(C)C)[C@]1(C(=O)OC(C)(C)C)[C@@H](C(=O)OC(C)(C)C)C1(C)C. The van der Waals surface area contributed by atoms with Crippen molar-refractivity contribution in [3.05, 3.63) is 0 Å². The van der Waals surface area contributed by atoms with Crippen LogP contribution < -0.4 is 0 Å². The van der Waals surface area contributed by atoms with E-state index < -0.39 is 79.8 Å². The molecule has 0 radical (unpaired) electrons. The fourth-order valence-corrected chi connectivity index (χ4v) is 6.46. The molecule has 8 heteroatoms. The minimum absolute atomic E-state index is 0.623. The Labute approximate surface area is 228 Å². The molecule has 2 saturated carbocycles. The maximum absolute atomic E-state index is 14.3. The number of hydrogen-bond donors (Lipinski definition) is 0. The highest BCUT2D eigenvalue weighted by Crippen LogP contribution is 2.90. The van der Waals surface area contributed by atoms with E-state index >= 15 is 0 Å². The van der Waals surface area contributed by atoms with Crippen LogP contribution in [-0.2, 0) is 38.1 Å². The zero-order valence-electron chi connectivity index (χ0n) is 26.4. The second-order valence-corrected chi connectivity index (χ2v) is 16.0. The summed E-state index contributed by atoms with van der Waals surface area (Å²) in [6, 6.07) is 0. The van der Waals surface area contributed by atoms with Gasteiger partial charge in [-0.05, 0) is 93.9 Å². The van der Waals surface area contributed by atoms with Crippen LogP contribution in [0.4, 0.5) is 0 Å². The third kappa shape index (κ3) is 5.08. The van der Waals surface area contributed by atoms with Crippen LogP contribution in [0, 0.1) is 33.5 Å². The molecule has 0 aromatic heterocycles. The van der Waals surface area contributed by atoms with Gasteiger partial charge >= 0.3 is 23.9 Å². The Hall–Kier alpha value is -2.12. The molecule has 218 valence electrons. The Bertz CT molecular complexity index is 927. The van der Waals surface area contributed by atoms with Crippen LogP contribution >= 0.6 is 0 Å². The summed E-state index contributed by atoms with van der Waals surface area (Å²) >= 11 is 0. The summed E-state index contributed by atoms with van der Waals surface area (Å²) in [5, 5.41) is 0. The largest absolute Gasteiger partial charge is 0.460 e. The highest BCUT2D eigenvalue weighted by Gasteiger charge is 3.01. The quantitative estimate of drug-likeness (QED) is 0.327. The molecule has 38 heavy (non-hydrogen) atoms. The molecule has 4 atom stereocenters. The van der Waals surface area contributed by atoms with Crippen molar-refractivity contribution in [2.75, 3.05) is 0 Å². The molecule has 0 saturated heterocycles. The van der Waals surface area contributed by atoms with Gasteiger partial charge in [0.1, 0.15) is 33.2 Å². The van der Waals surface area contributed by atoms with Crippen molar-refractivity contribution in [2.45, 2.75) is 133 Å². The Morgan fingerprint density at radius 2 is 0.658 bits per heavy atom. The second kappa shape index (κ2) is 8.69. The van der Waals surface area contributed by atoms with Crippen molar-refractivity contribution in [2.24, 2.45) is 33.5 Å².